The number of aliphatic hydroxyl groups is 1. The van der Waals surface area contributed by atoms with Gasteiger partial charge in [0.05, 0.1) is 6.10 Å². The average Bonchev–Trinajstić information content (AvgIpc) is 2.65. The molecule has 1 unspecified atom stereocenters. The van der Waals surface area contributed by atoms with Crippen LogP contribution >= 0.6 is 0 Å². The Morgan fingerprint density at radius 3 is 2.52 bits per heavy atom. The van der Waals surface area contributed by atoms with Crippen molar-refractivity contribution in [2.24, 2.45) is 5.92 Å². The van der Waals surface area contributed by atoms with Crippen molar-refractivity contribution in [1.82, 2.24) is 4.72 Å². The summed E-state index contributed by atoms with van der Waals surface area (Å²) in [7, 11) is -3.80. The van der Waals surface area contributed by atoms with Gasteiger partial charge >= 0.3 is 0 Å². The second-order valence-corrected chi connectivity index (χ2v) is 8.77. The molecule has 6 nitrogen and oxygen atoms in total. The van der Waals surface area contributed by atoms with E-state index in [1.807, 2.05) is 30.3 Å². The lowest BCUT2D eigenvalue weighted by atomic mass is 9.76. The van der Waals surface area contributed by atoms with Crippen molar-refractivity contribution in [1.29, 1.82) is 0 Å². The van der Waals surface area contributed by atoms with Gasteiger partial charge in [-0.25, -0.2) is 13.1 Å². The minimum absolute atomic E-state index is 0.0950. The van der Waals surface area contributed by atoms with Crippen molar-refractivity contribution >= 4 is 10.0 Å². The van der Waals surface area contributed by atoms with Crippen LogP contribution in [-0.4, -0.2) is 38.9 Å². The topological polar surface area (TPSA) is 84.9 Å². The summed E-state index contributed by atoms with van der Waals surface area (Å²) >= 11 is 0. The van der Waals surface area contributed by atoms with Crippen LogP contribution in [0.2, 0.25) is 0 Å². The van der Waals surface area contributed by atoms with Gasteiger partial charge in [0.2, 0.25) is 10.0 Å². The molecule has 1 fully saturated rings. The number of sulfonamides is 1. The summed E-state index contributed by atoms with van der Waals surface area (Å²) in [5.74, 6) is 0.817. The molecule has 1 aliphatic carbocycles. The summed E-state index contributed by atoms with van der Waals surface area (Å²) < 4.78 is 40.2. The zero-order valence-corrected chi connectivity index (χ0v) is 15.7. The van der Waals surface area contributed by atoms with Gasteiger partial charge in [-0.15, -0.1) is 0 Å². The largest absolute Gasteiger partial charge is 0.486 e. The van der Waals surface area contributed by atoms with Crippen LogP contribution in [0.1, 0.15) is 18.4 Å². The Labute approximate surface area is 159 Å². The van der Waals surface area contributed by atoms with Crippen LogP contribution in [0.4, 0.5) is 0 Å². The van der Waals surface area contributed by atoms with Gasteiger partial charge in [0, 0.05) is 6.04 Å². The predicted molar refractivity (Wildman–Crippen MR) is 100 cm³/mol. The summed E-state index contributed by atoms with van der Waals surface area (Å²) in [5, 5.41) is 9.69. The monoisotopic (exact) mass is 389 g/mol. The fourth-order valence-corrected chi connectivity index (χ4v) is 5.12. The van der Waals surface area contributed by atoms with Crippen LogP contribution in [0, 0.1) is 5.92 Å². The van der Waals surface area contributed by atoms with Crippen LogP contribution in [0.3, 0.4) is 0 Å². The van der Waals surface area contributed by atoms with Crippen molar-refractivity contribution in [3.05, 3.63) is 54.1 Å². The zero-order valence-electron chi connectivity index (χ0n) is 14.9. The number of ether oxygens (including phenoxy) is 2. The molecule has 2 aromatic rings. The van der Waals surface area contributed by atoms with Crippen molar-refractivity contribution in [3.8, 4) is 11.5 Å². The molecule has 2 aliphatic rings. The lowest BCUT2D eigenvalue weighted by molar-refractivity contribution is 0.0283. The van der Waals surface area contributed by atoms with E-state index in [4.69, 9.17) is 9.47 Å². The van der Waals surface area contributed by atoms with E-state index in [0.717, 1.165) is 5.56 Å². The number of hydrogen-bond donors (Lipinski definition) is 2. The summed E-state index contributed by atoms with van der Waals surface area (Å²) in [6.45, 7) is 0.725. The summed E-state index contributed by atoms with van der Waals surface area (Å²) in [4.78, 5) is 0.0950. The third-order valence-electron chi connectivity index (χ3n) is 5.14. The molecule has 4 rings (SSSR count). The molecule has 27 heavy (non-hydrogen) atoms. The fourth-order valence-electron chi connectivity index (χ4n) is 3.65. The normalized spacial score (nSPS) is 22.7. The highest BCUT2D eigenvalue weighted by Gasteiger charge is 2.37. The maximum Gasteiger partial charge on any atom is 0.244 e. The zero-order chi connectivity index (χ0) is 18.9. The van der Waals surface area contributed by atoms with Gasteiger partial charge < -0.3 is 14.6 Å². The van der Waals surface area contributed by atoms with Gasteiger partial charge in [-0.1, -0.05) is 36.4 Å². The second-order valence-electron chi connectivity index (χ2n) is 7.08. The van der Waals surface area contributed by atoms with Gasteiger partial charge in [0.25, 0.3) is 0 Å². The Morgan fingerprint density at radius 2 is 1.78 bits per heavy atom. The van der Waals surface area contributed by atoms with Gasteiger partial charge in [-0.3, -0.25) is 0 Å². The molecule has 0 aromatic heterocycles. The van der Waals surface area contributed by atoms with Gasteiger partial charge in [-0.2, -0.15) is 0 Å². The van der Waals surface area contributed by atoms with Crippen molar-refractivity contribution < 1.29 is 23.0 Å². The van der Waals surface area contributed by atoms with Crippen LogP contribution in [0.5, 0.6) is 11.5 Å². The predicted octanol–water partition coefficient (Wildman–Crippen LogP) is 2.12. The molecule has 1 heterocycles. The Balaban J connectivity index is 1.60. The van der Waals surface area contributed by atoms with Crippen LogP contribution < -0.4 is 14.2 Å². The smallest absolute Gasteiger partial charge is 0.244 e. The van der Waals surface area contributed by atoms with Crippen LogP contribution in [0.25, 0.3) is 0 Å². The Morgan fingerprint density at radius 1 is 1.04 bits per heavy atom. The number of rotatable bonds is 6. The highest BCUT2D eigenvalue weighted by Crippen LogP contribution is 2.37. The number of aliphatic hydroxyl groups excluding tert-OH is 1. The molecule has 1 atom stereocenters. The van der Waals surface area contributed by atoms with E-state index in [9.17, 15) is 13.5 Å². The number of hydrogen-bond acceptors (Lipinski definition) is 5. The lowest BCUT2D eigenvalue weighted by Gasteiger charge is -2.38. The minimum atomic E-state index is -3.80. The summed E-state index contributed by atoms with van der Waals surface area (Å²) in [6, 6.07) is 14.4. The second kappa shape index (κ2) is 7.50. The fraction of sp³-hybridized carbons (Fsp3) is 0.400. The van der Waals surface area contributed by atoms with Crippen molar-refractivity contribution in [3.63, 3.8) is 0 Å². The molecule has 2 N–H and O–H groups in total. The summed E-state index contributed by atoms with van der Waals surface area (Å²) in [5.41, 5.74) is 1.06. The van der Waals surface area contributed by atoms with E-state index in [1.54, 1.807) is 12.1 Å². The van der Waals surface area contributed by atoms with Gasteiger partial charge in [-0.05, 0) is 42.9 Å². The number of fused-ring (bicyclic) bond motifs is 1. The number of benzene rings is 2. The van der Waals surface area contributed by atoms with E-state index >= 15 is 0 Å². The van der Waals surface area contributed by atoms with Crippen LogP contribution in [-0.2, 0) is 16.4 Å². The molecule has 7 heteroatoms. The highest BCUT2D eigenvalue weighted by atomic mass is 32.2. The molecule has 0 saturated heterocycles. The number of nitrogens with one attached hydrogen (secondary N) is 1. The molecule has 144 valence electrons. The molecular weight excluding hydrogens is 366 g/mol. The standard InChI is InChI=1S/C20H23NO5S/c22-16-12-15(13-16)17(11-14-5-2-1-3-6-14)21-27(23,24)19-8-4-7-18-20(19)26-10-9-25-18/h1-8,15-17,21-22H,9-13H2. The first kappa shape index (κ1) is 18.3. The molecule has 1 aliphatic heterocycles. The Kier molecular flexibility index (Phi) is 5.08. The highest BCUT2D eigenvalue weighted by molar-refractivity contribution is 7.89. The third kappa shape index (κ3) is 3.95. The van der Waals surface area contributed by atoms with Crippen molar-refractivity contribution in [2.75, 3.05) is 13.2 Å². The first-order valence-corrected chi connectivity index (χ1v) is 10.6. The maximum atomic E-state index is 13.1. The molecule has 0 radical (unpaired) electrons. The quantitative estimate of drug-likeness (QED) is 0.791. The molecule has 0 amide bonds. The first-order valence-electron chi connectivity index (χ1n) is 9.16. The Hall–Kier alpha value is -2.09. The molecule has 0 spiro atoms. The van der Waals surface area contributed by atoms with Crippen molar-refractivity contribution in [2.45, 2.75) is 36.3 Å². The van der Waals surface area contributed by atoms with Crippen LogP contribution in [0.15, 0.2) is 53.4 Å². The molecule has 0 bridgehead atoms. The minimum Gasteiger partial charge on any atom is -0.486 e. The molecule has 1 saturated carbocycles. The average molecular weight is 389 g/mol. The Bertz CT molecular complexity index is 894. The SMILES string of the molecule is O=S(=O)(NC(Cc1ccccc1)C1CC(O)C1)c1cccc2c1OCCO2. The lowest BCUT2D eigenvalue weighted by Crippen LogP contribution is -2.48. The number of para-hydroxylation sites is 1. The molecule has 2 aromatic carbocycles. The van der Waals surface area contributed by atoms with E-state index < -0.39 is 10.0 Å². The first-order chi connectivity index (χ1) is 13.0. The van der Waals surface area contributed by atoms with E-state index in [0.29, 0.717) is 38.2 Å². The van der Waals surface area contributed by atoms with Gasteiger partial charge in [0.15, 0.2) is 11.5 Å². The van der Waals surface area contributed by atoms with E-state index in [-0.39, 0.29) is 28.7 Å². The van der Waals surface area contributed by atoms with E-state index in [2.05, 4.69) is 4.72 Å². The third-order valence-corrected chi connectivity index (χ3v) is 6.66. The van der Waals surface area contributed by atoms with E-state index in [1.165, 1.54) is 6.07 Å². The molecular formula is C20H23NO5S. The maximum absolute atomic E-state index is 13.1. The summed E-state index contributed by atoms with van der Waals surface area (Å²) in [6.07, 6.45) is 1.43. The van der Waals surface area contributed by atoms with Gasteiger partial charge in [0.1, 0.15) is 18.1 Å².